The third kappa shape index (κ3) is 3.86. The molecule has 2 saturated carbocycles. The lowest BCUT2D eigenvalue weighted by Gasteiger charge is -2.36. The Kier molecular flexibility index (Phi) is 5.51. The van der Waals surface area contributed by atoms with Crippen LogP contribution >= 0.6 is 0 Å². The van der Waals surface area contributed by atoms with E-state index in [1.165, 1.54) is 37.7 Å². The van der Waals surface area contributed by atoms with Gasteiger partial charge < -0.3 is 18.9 Å². The molecular formula is C26H31NO4. The van der Waals surface area contributed by atoms with Gasteiger partial charge in [-0.1, -0.05) is 12.8 Å². The minimum absolute atomic E-state index is 0.312. The molecule has 164 valence electrons. The fourth-order valence-electron chi connectivity index (χ4n) is 4.93. The number of rotatable bonds is 7. The van der Waals surface area contributed by atoms with Crippen LogP contribution in [-0.4, -0.2) is 39.7 Å². The summed E-state index contributed by atoms with van der Waals surface area (Å²) < 4.78 is 23.0. The summed E-state index contributed by atoms with van der Waals surface area (Å²) in [5.41, 5.74) is 4.53. The van der Waals surface area contributed by atoms with Crippen molar-refractivity contribution in [3.63, 3.8) is 0 Å². The third-order valence-electron chi connectivity index (χ3n) is 6.84. The zero-order valence-electron chi connectivity index (χ0n) is 18.6. The number of ether oxygens (including phenoxy) is 4. The zero-order chi connectivity index (χ0) is 21.4. The SMILES string of the molecule is COc1cc2c(cc1OC)C1CCCCC1N=C2c1ccc(OC)c(OCC2CC2)c1. The summed E-state index contributed by atoms with van der Waals surface area (Å²) >= 11 is 0. The summed E-state index contributed by atoms with van der Waals surface area (Å²) in [6.07, 6.45) is 7.30. The molecule has 0 radical (unpaired) electrons. The molecule has 5 nitrogen and oxygen atoms in total. The van der Waals surface area contributed by atoms with Crippen molar-refractivity contribution in [2.45, 2.75) is 50.5 Å². The zero-order valence-corrected chi connectivity index (χ0v) is 18.6. The number of aliphatic imine (C=N–C) groups is 1. The lowest BCUT2D eigenvalue weighted by atomic mass is 9.75. The van der Waals surface area contributed by atoms with E-state index in [2.05, 4.69) is 24.3 Å². The molecule has 1 heterocycles. The number of hydrogen-bond acceptors (Lipinski definition) is 5. The summed E-state index contributed by atoms with van der Waals surface area (Å²) in [5, 5.41) is 0. The molecule has 31 heavy (non-hydrogen) atoms. The Bertz CT molecular complexity index is 995. The van der Waals surface area contributed by atoms with E-state index in [0.717, 1.165) is 52.9 Å². The molecule has 0 amide bonds. The number of benzene rings is 2. The van der Waals surface area contributed by atoms with Gasteiger partial charge in [-0.15, -0.1) is 0 Å². The van der Waals surface area contributed by atoms with E-state index in [0.29, 0.717) is 17.9 Å². The molecule has 2 aliphatic carbocycles. The highest BCUT2D eigenvalue weighted by atomic mass is 16.5. The fourth-order valence-corrected chi connectivity index (χ4v) is 4.93. The number of methoxy groups -OCH3 is 3. The van der Waals surface area contributed by atoms with Gasteiger partial charge in [0.2, 0.25) is 0 Å². The normalized spacial score (nSPS) is 22.1. The molecule has 2 atom stereocenters. The first-order valence-corrected chi connectivity index (χ1v) is 11.4. The van der Waals surface area contributed by atoms with Gasteiger partial charge in [-0.25, -0.2) is 0 Å². The highest BCUT2D eigenvalue weighted by Crippen LogP contribution is 2.45. The van der Waals surface area contributed by atoms with E-state index >= 15 is 0 Å². The Labute approximate surface area is 184 Å². The Morgan fingerprint density at radius 1 is 0.806 bits per heavy atom. The maximum Gasteiger partial charge on any atom is 0.161 e. The molecule has 2 aromatic carbocycles. The minimum atomic E-state index is 0.312. The average Bonchev–Trinajstić information content (AvgIpc) is 3.65. The van der Waals surface area contributed by atoms with Crippen LogP contribution in [0.25, 0.3) is 0 Å². The van der Waals surface area contributed by atoms with Crippen LogP contribution in [0.4, 0.5) is 0 Å². The van der Waals surface area contributed by atoms with Gasteiger partial charge >= 0.3 is 0 Å². The van der Waals surface area contributed by atoms with Gasteiger partial charge in [-0.2, -0.15) is 0 Å². The molecular weight excluding hydrogens is 390 g/mol. The Hall–Kier alpha value is -2.69. The van der Waals surface area contributed by atoms with E-state index < -0.39 is 0 Å². The van der Waals surface area contributed by atoms with Crippen LogP contribution in [0.3, 0.4) is 0 Å². The van der Waals surface area contributed by atoms with Crippen molar-refractivity contribution in [3.8, 4) is 23.0 Å². The summed E-state index contributed by atoms with van der Waals surface area (Å²) in [4.78, 5) is 5.27. The number of hydrogen-bond donors (Lipinski definition) is 0. The summed E-state index contributed by atoms with van der Waals surface area (Å²) in [5.74, 6) is 4.21. The second-order valence-electron chi connectivity index (χ2n) is 8.85. The summed E-state index contributed by atoms with van der Waals surface area (Å²) in [6.45, 7) is 0.749. The van der Waals surface area contributed by atoms with Crippen molar-refractivity contribution in [1.29, 1.82) is 0 Å². The summed E-state index contributed by atoms with van der Waals surface area (Å²) in [6, 6.07) is 10.7. The van der Waals surface area contributed by atoms with Crippen molar-refractivity contribution in [3.05, 3.63) is 47.0 Å². The Morgan fingerprint density at radius 2 is 1.55 bits per heavy atom. The van der Waals surface area contributed by atoms with Crippen molar-refractivity contribution in [2.75, 3.05) is 27.9 Å². The van der Waals surface area contributed by atoms with Crippen molar-refractivity contribution >= 4 is 5.71 Å². The maximum atomic E-state index is 6.13. The van der Waals surface area contributed by atoms with Crippen molar-refractivity contribution < 1.29 is 18.9 Å². The van der Waals surface area contributed by atoms with E-state index in [4.69, 9.17) is 23.9 Å². The minimum Gasteiger partial charge on any atom is -0.493 e. The monoisotopic (exact) mass is 421 g/mol. The molecule has 1 aliphatic heterocycles. The van der Waals surface area contributed by atoms with Gasteiger partial charge in [0.25, 0.3) is 0 Å². The predicted octanol–water partition coefficient (Wildman–Crippen LogP) is 5.38. The lowest BCUT2D eigenvalue weighted by molar-refractivity contribution is 0.280. The van der Waals surface area contributed by atoms with Crippen LogP contribution in [0.5, 0.6) is 23.0 Å². The van der Waals surface area contributed by atoms with Crippen LogP contribution in [0, 0.1) is 5.92 Å². The highest BCUT2D eigenvalue weighted by Gasteiger charge is 2.35. The molecule has 0 saturated heterocycles. The van der Waals surface area contributed by atoms with Gasteiger partial charge in [0, 0.05) is 17.0 Å². The summed E-state index contributed by atoms with van der Waals surface area (Å²) in [7, 11) is 5.08. The molecule has 3 aliphatic rings. The van der Waals surface area contributed by atoms with Crippen LogP contribution in [0.1, 0.15) is 61.1 Å². The Balaban J connectivity index is 1.59. The van der Waals surface area contributed by atoms with Gasteiger partial charge in [0.05, 0.1) is 39.7 Å². The van der Waals surface area contributed by atoms with Crippen molar-refractivity contribution in [2.24, 2.45) is 10.9 Å². The molecule has 5 rings (SSSR count). The molecule has 5 heteroatoms. The highest BCUT2D eigenvalue weighted by molar-refractivity contribution is 6.15. The molecule has 0 bridgehead atoms. The predicted molar refractivity (Wildman–Crippen MR) is 121 cm³/mol. The van der Waals surface area contributed by atoms with Gasteiger partial charge in [0.15, 0.2) is 23.0 Å². The third-order valence-corrected chi connectivity index (χ3v) is 6.84. The lowest BCUT2D eigenvalue weighted by Crippen LogP contribution is -2.29. The van der Waals surface area contributed by atoms with E-state index in [-0.39, 0.29) is 0 Å². The average molecular weight is 422 g/mol. The standard InChI is InChI=1S/C26H31NO4/c1-28-22-11-10-17(12-25(22)31-15-16-8-9-16)26-20-14-24(30-3)23(29-2)13-19(20)18-6-4-5-7-21(18)27-26/h10-14,16,18,21H,4-9,15H2,1-3H3. The number of nitrogens with zero attached hydrogens (tertiary/aromatic N) is 1. The maximum absolute atomic E-state index is 6.13. The topological polar surface area (TPSA) is 49.3 Å². The van der Waals surface area contributed by atoms with E-state index in [1.807, 2.05) is 6.07 Å². The molecule has 2 fully saturated rings. The van der Waals surface area contributed by atoms with E-state index in [9.17, 15) is 0 Å². The second-order valence-corrected chi connectivity index (χ2v) is 8.85. The van der Waals surface area contributed by atoms with Crippen LogP contribution in [0.15, 0.2) is 35.3 Å². The van der Waals surface area contributed by atoms with E-state index in [1.54, 1.807) is 21.3 Å². The smallest absolute Gasteiger partial charge is 0.161 e. The first-order chi connectivity index (χ1) is 15.2. The first kappa shape index (κ1) is 20.2. The van der Waals surface area contributed by atoms with Crippen LogP contribution < -0.4 is 18.9 Å². The Morgan fingerprint density at radius 3 is 2.29 bits per heavy atom. The van der Waals surface area contributed by atoms with Crippen LogP contribution in [-0.2, 0) is 0 Å². The second kappa shape index (κ2) is 8.45. The molecule has 2 aromatic rings. The van der Waals surface area contributed by atoms with Gasteiger partial charge in [0.1, 0.15) is 0 Å². The molecule has 0 spiro atoms. The van der Waals surface area contributed by atoms with Crippen molar-refractivity contribution in [1.82, 2.24) is 0 Å². The fraction of sp³-hybridized carbons (Fsp3) is 0.500. The largest absolute Gasteiger partial charge is 0.493 e. The first-order valence-electron chi connectivity index (χ1n) is 11.4. The number of fused-ring (bicyclic) bond motifs is 3. The van der Waals surface area contributed by atoms with Crippen LogP contribution in [0.2, 0.25) is 0 Å². The molecule has 2 unspecified atom stereocenters. The van der Waals surface area contributed by atoms with Gasteiger partial charge in [-0.05, 0) is 67.5 Å². The van der Waals surface area contributed by atoms with Gasteiger partial charge in [-0.3, -0.25) is 4.99 Å². The quantitative estimate of drug-likeness (QED) is 0.602. The molecule has 0 N–H and O–H groups in total. The molecule has 0 aromatic heterocycles.